The molecule has 2 aliphatic rings. The van der Waals surface area contributed by atoms with Crippen molar-refractivity contribution in [3.05, 3.63) is 30.0 Å². The lowest BCUT2D eigenvalue weighted by Gasteiger charge is -2.06. The van der Waals surface area contributed by atoms with E-state index in [9.17, 15) is 0 Å². The molecule has 0 aliphatic heterocycles. The van der Waals surface area contributed by atoms with Crippen molar-refractivity contribution in [3.63, 3.8) is 0 Å². The maximum atomic E-state index is 6.39. The van der Waals surface area contributed by atoms with E-state index in [2.05, 4.69) is 22.9 Å². The molecule has 0 spiro atoms. The quantitative estimate of drug-likeness (QED) is 0.899. The summed E-state index contributed by atoms with van der Waals surface area (Å²) in [7, 11) is 1.72. The fraction of sp³-hybridized carbons (Fsp3) is 0.467. The number of fused-ring (bicyclic) bond motifs is 1. The third-order valence-corrected chi connectivity index (χ3v) is 4.31. The minimum Gasteiger partial charge on any atom is -0.497 e. The van der Waals surface area contributed by atoms with E-state index in [4.69, 9.17) is 10.5 Å². The highest BCUT2D eigenvalue weighted by Gasteiger charge is 2.43. The molecule has 2 aromatic rings. The van der Waals surface area contributed by atoms with Crippen molar-refractivity contribution in [3.8, 4) is 5.75 Å². The van der Waals surface area contributed by atoms with Crippen LogP contribution >= 0.6 is 0 Å². The molecule has 3 heteroatoms. The number of hydrogen-bond acceptors (Lipinski definition) is 2. The van der Waals surface area contributed by atoms with Gasteiger partial charge in [-0.2, -0.15) is 0 Å². The van der Waals surface area contributed by atoms with Gasteiger partial charge in [0, 0.05) is 29.2 Å². The van der Waals surface area contributed by atoms with E-state index < -0.39 is 0 Å². The lowest BCUT2D eigenvalue weighted by atomic mass is 10.1. The molecule has 0 atom stereocenters. The predicted octanol–water partition coefficient (Wildman–Crippen LogP) is 2.93. The van der Waals surface area contributed by atoms with E-state index >= 15 is 0 Å². The zero-order chi connectivity index (χ0) is 12.3. The zero-order valence-electron chi connectivity index (χ0n) is 10.6. The molecule has 2 fully saturated rings. The molecule has 18 heavy (non-hydrogen) atoms. The Hall–Kier alpha value is -1.48. The molecule has 0 bridgehead atoms. The Bertz CT molecular complexity index is 621. The topological polar surface area (TPSA) is 40.2 Å². The second kappa shape index (κ2) is 3.29. The van der Waals surface area contributed by atoms with Gasteiger partial charge in [-0.1, -0.05) is 0 Å². The van der Waals surface area contributed by atoms with Crippen LogP contribution in [0.1, 0.15) is 37.3 Å². The Morgan fingerprint density at radius 3 is 2.72 bits per heavy atom. The first-order valence-corrected chi connectivity index (χ1v) is 6.69. The summed E-state index contributed by atoms with van der Waals surface area (Å²) in [5.41, 5.74) is 8.94. The van der Waals surface area contributed by atoms with Gasteiger partial charge in [0.25, 0.3) is 0 Å². The molecule has 1 aromatic carbocycles. The number of methoxy groups -OCH3 is 1. The average Bonchev–Trinajstić information content (AvgIpc) is 3.30. The second-order valence-electron chi connectivity index (χ2n) is 5.72. The Morgan fingerprint density at radius 2 is 2.11 bits per heavy atom. The molecule has 0 unspecified atom stereocenters. The summed E-state index contributed by atoms with van der Waals surface area (Å²) in [5, 5.41) is 1.31. The molecule has 0 radical (unpaired) electrons. The number of nitrogens with zero attached hydrogens (tertiary/aromatic N) is 1. The molecule has 0 saturated heterocycles. The van der Waals surface area contributed by atoms with Crippen LogP contribution in [0.5, 0.6) is 5.75 Å². The molecule has 3 nitrogen and oxygen atoms in total. The van der Waals surface area contributed by atoms with Crippen LogP contribution < -0.4 is 10.5 Å². The largest absolute Gasteiger partial charge is 0.497 e. The Balaban J connectivity index is 1.97. The van der Waals surface area contributed by atoms with E-state index in [1.165, 1.54) is 29.3 Å². The van der Waals surface area contributed by atoms with Crippen molar-refractivity contribution in [2.45, 2.75) is 37.3 Å². The Labute approximate surface area is 107 Å². The van der Waals surface area contributed by atoms with Gasteiger partial charge in [-0.3, -0.25) is 0 Å². The van der Waals surface area contributed by atoms with Gasteiger partial charge >= 0.3 is 0 Å². The van der Waals surface area contributed by atoms with E-state index in [0.717, 1.165) is 18.6 Å². The monoisotopic (exact) mass is 242 g/mol. The molecule has 4 rings (SSSR count). The summed E-state index contributed by atoms with van der Waals surface area (Å²) in [6.45, 7) is 0. The van der Waals surface area contributed by atoms with Crippen molar-refractivity contribution in [1.82, 2.24) is 4.57 Å². The van der Waals surface area contributed by atoms with E-state index in [-0.39, 0.29) is 5.54 Å². The second-order valence-corrected chi connectivity index (χ2v) is 5.72. The Kier molecular flexibility index (Phi) is 1.91. The van der Waals surface area contributed by atoms with Crippen molar-refractivity contribution in [1.29, 1.82) is 0 Å². The summed E-state index contributed by atoms with van der Waals surface area (Å²) in [6.07, 6.45) is 7.09. The van der Waals surface area contributed by atoms with Crippen LogP contribution in [0, 0.1) is 0 Å². The smallest absolute Gasteiger partial charge is 0.120 e. The lowest BCUT2D eigenvalue weighted by molar-refractivity contribution is 0.415. The normalized spacial score (nSPS) is 21.2. The highest BCUT2D eigenvalue weighted by molar-refractivity contribution is 5.87. The fourth-order valence-electron chi connectivity index (χ4n) is 2.81. The molecule has 2 aliphatic carbocycles. The van der Waals surface area contributed by atoms with Crippen LogP contribution in [0.25, 0.3) is 10.9 Å². The first-order chi connectivity index (χ1) is 8.71. The summed E-state index contributed by atoms with van der Waals surface area (Å²) in [6, 6.07) is 7.02. The molecule has 1 heterocycles. The number of rotatable bonds is 3. The summed E-state index contributed by atoms with van der Waals surface area (Å²) in [4.78, 5) is 0. The molecule has 0 amide bonds. The first-order valence-electron chi connectivity index (χ1n) is 6.69. The van der Waals surface area contributed by atoms with E-state index in [1.54, 1.807) is 7.11 Å². The molecule has 2 N–H and O–H groups in total. The first kappa shape index (κ1) is 10.4. The van der Waals surface area contributed by atoms with Gasteiger partial charge in [0.1, 0.15) is 5.75 Å². The van der Waals surface area contributed by atoms with Gasteiger partial charge in [0.05, 0.1) is 12.6 Å². The molecule has 1 aromatic heterocycles. The zero-order valence-corrected chi connectivity index (χ0v) is 10.6. The van der Waals surface area contributed by atoms with Gasteiger partial charge in [-0.05, 0) is 43.4 Å². The minimum absolute atomic E-state index is 0.0625. The number of nitrogens with two attached hydrogens (primary N) is 1. The van der Waals surface area contributed by atoms with Crippen LogP contribution in [0.15, 0.2) is 24.4 Å². The number of benzene rings is 1. The van der Waals surface area contributed by atoms with Crippen molar-refractivity contribution < 1.29 is 4.74 Å². The number of ether oxygens (including phenoxy) is 1. The number of aromatic nitrogens is 1. The van der Waals surface area contributed by atoms with Crippen LogP contribution in [0.2, 0.25) is 0 Å². The lowest BCUT2D eigenvalue weighted by Crippen LogP contribution is -2.18. The standard InChI is InChI=1S/C15H18N2O/c1-18-11-4-5-12-13(15(16)6-7-15)9-17(10-2-3-10)14(12)8-11/h4-5,8-10H,2-3,6-7,16H2,1H3. The van der Waals surface area contributed by atoms with Crippen molar-refractivity contribution >= 4 is 10.9 Å². The summed E-state index contributed by atoms with van der Waals surface area (Å²) < 4.78 is 7.75. The van der Waals surface area contributed by atoms with Crippen LogP contribution in [0.4, 0.5) is 0 Å². The number of hydrogen-bond donors (Lipinski definition) is 1. The maximum Gasteiger partial charge on any atom is 0.120 e. The van der Waals surface area contributed by atoms with E-state index in [0.29, 0.717) is 6.04 Å². The summed E-state index contributed by atoms with van der Waals surface area (Å²) >= 11 is 0. The van der Waals surface area contributed by atoms with Crippen molar-refractivity contribution in [2.75, 3.05) is 7.11 Å². The third-order valence-electron chi connectivity index (χ3n) is 4.31. The van der Waals surface area contributed by atoms with Crippen LogP contribution in [0.3, 0.4) is 0 Å². The molecule has 2 saturated carbocycles. The van der Waals surface area contributed by atoms with Gasteiger partial charge < -0.3 is 15.0 Å². The SMILES string of the molecule is COc1ccc2c(C3(N)CC3)cn(C3CC3)c2c1. The fourth-order valence-corrected chi connectivity index (χ4v) is 2.81. The molecular weight excluding hydrogens is 224 g/mol. The third kappa shape index (κ3) is 1.40. The van der Waals surface area contributed by atoms with Gasteiger partial charge in [0.2, 0.25) is 0 Å². The van der Waals surface area contributed by atoms with E-state index in [1.807, 2.05) is 6.07 Å². The highest BCUT2D eigenvalue weighted by atomic mass is 16.5. The predicted molar refractivity (Wildman–Crippen MR) is 71.9 cm³/mol. The molecule has 94 valence electrons. The average molecular weight is 242 g/mol. The molecular formula is C15H18N2O. The van der Waals surface area contributed by atoms with Crippen LogP contribution in [-0.4, -0.2) is 11.7 Å². The van der Waals surface area contributed by atoms with Crippen LogP contribution in [-0.2, 0) is 5.54 Å². The maximum absolute atomic E-state index is 6.39. The minimum atomic E-state index is -0.0625. The van der Waals surface area contributed by atoms with Gasteiger partial charge in [-0.15, -0.1) is 0 Å². The summed E-state index contributed by atoms with van der Waals surface area (Å²) in [5.74, 6) is 0.927. The Morgan fingerprint density at radius 1 is 1.33 bits per heavy atom. The van der Waals surface area contributed by atoms with Gasteiger partial charge in [-0.25, -0.2) is 0 Å². The van der Waals surface area contributed by atoms with Gasteiger partial charge in [0.15, 0.2) is 0 Å². The van der Waals surface area contributed by atoms with Crippen molar-refractivity contribution in [2.24, 2.45) is 5.73 Å². The highest BCUT2D eigenvalue weighted by Crippen LogP contribution is 2.48.